The third-order valence-corrected chi connectivity index (χ3v) is 3.63. The molecule has 1 aromatic heterocycles. The van der Waals surface area contributed by atoms with E-state index >= 15 is 0 Å². The molecule has 2 N–H and O–H groups in total. The molecule has 1 atom stereocenters. The van der Waals surface area contributed by atoms with E-state index in [0.717, 1.165) is 12.2 Å². The van der Waals surface area contributed by atoms with Gasteiger partial charge in [-0.15, -0.1) is 0 Å². The molecular weight excluding hydrogens is 236 g/mol. The van der Waals surface area contributed by atoms with E-state index in [0.29, 0.717) is 11.4 Å². The van der Waals surface area contributed by atoms with E-state index in [1.54, 1.807) is 23.7 Å². The van der Waals surface area contributed by atoms with Gasteiger partial charge in [0.05, 0.1) is 6.20 Å². The van der Waals surface area contributed by atoms with Crippen molar-refractivity contribution < 1.29 is 4.79 Å². The summed E-state index contributed by atoms with van der Waals surface area (Å²) in [6, 6.07) is 0.233. The second-order valence-electron chi connectivity index (χ2n) is 4.00. The number of carbonyl (C=O) groups excluding carboxylic acids is 1. The number of aryl methyl sites for hydroxylation is 1. The molecule has 6 heteroatoms. The van der Waals surface area contributed by atoms with E-state index < -0.39 is 0 Å². The van der Waals surface area contributed by atoms with Crippen molar-refractivity contribution in [3.63, 3.8) is 0 Å². The molecule has 96 valence electrons. The highest BCUT2D eigenvalue weighted by Gasteiger charge is 2.22. The maximum Gasteiger partial charge on any atom is 0.259 e. The number of thioether (sulfide) groups is 1. The van der Waals surface area contributed by atoms with Crippen LogP contribution in [-0.2, 0) is 7.05 Å². The van der Waals surface area contributed by atoms with Crippen molar-refractivity contribution in [3.8, 4) is 0 Å². The average molecular weight is 256 g/mol. The van der Waals surface area contributed by atoms with E-state index in [9.17, 15) is 4.79 Å². The highest BCUT2D eigenvalue weighted by molar-refractivity contribution is 7.98. The van der Waals surface area contributed by atoms with Crippen LogP contribution in [0.15, 0.2) is 6.20 Å². The number of nitrogens with two attached hydrogens (primary N) is 1. The highest BCUT2D eigenvalue weighted by Crippen LogP contribution is 2.16. The predicted molar refractivity (Wildman–Crippen MR) is 72.2 cm³/mol. The first-order valence-corrected chi connectivity index (χ1v) is 6.95. The minimum absolute atomic E-state index is 0.0588. The highest BCUT2D eigenvalue weighted by atomic mass is 32.2. The molecule has 17 heavy (non-hydrogen) atoms. The summed E-state index contributed by atoms with van der Waals surface area (Å²) in [5, 5.41) is 3.99. The van der Waals surface area contributed by atoms with Crippen LogP contribution < -0.4 is 5.73 Å². The van der Waals surface area contributed by atoms with Crippen molar-refractivity contribution in [1.82, 2.24) is 14.7 Å². The third kappa shape index (κ3) is 2.94. The topological polar surface area (TPSA) is 64.2 Å². The number of nitrogen functional groups attached to an aromatic ring is 1. The van der Waals surface area contributed by atoms with Gasteiger partial charge in [0.1, 0.15) is 11.4 Å². The Labute approximate surface area is 106 Å². The zero-order valence-corrected chi connectivity index (χ0v) is 11.6. The Morgan fingerprint density at radius 2 is 2.35 bits per heavy atom. The Bertz CT molecular complexity index is 391. The van der Waals surface area contributed by atoms with Gasteiger partial charge >= 0.3 is 0 Å². The van der Waals surface area contributed by atoms with Gasteiger partial charge < -0.3 is 10.6 Å². The second kappa shape index (κ2) is 5.95. The standard InChI is InChI=1S/C11H20N4OS/c1-5-8(7-17-4)14(2)11(16)9-6-13-15(3)10(9)12/h6,8H,5,7,12H2,1-4H3. The minimum atomic E-state index is -0.0588. The van der Waals surface area contributed by atoms with E-state index in [2.05, 4.69) is 12.0 Å². The van der Waals surface area contributed by atoms with Crippen LogP contribution in [0.1, 0.15) is 23.7 Å². The number of carbonyl (C=O) groups is 1. The van der Waals surface area contributed by atoms with Crippen LogP contribution in [0, 0.1) is 0 Å². The number of nitrogens with zero attached hydrogens (tertiary/aromatic N) is 3. The second-order valence-corrected chi connectivity index (χ2v) is 4.91. The molecule has 0 aliphatic heterocycles. The number of rotatable bonds is 5. The van der Waals surface area contributed by atoms with Gasteiger partial charge in [-0.1, -0.05) is 6.92 Å². The smallest absolute Gasteiger partial charge is 0.259 e. The zero-order chi connectivity index (χ0) is 13.0. The molecule has 0 aliphatic rings. The molecule has 1 heterocycles. The summed E-state index contributed by atoms with van der Waals surface area (Å²) >= 11 is 1.74. The van der Waals surface area contributed by atoms with Gasteiger partial charge in [0.15, 0.2) is 0 Å². The number of anilines is 1. The van der Waals surface area contributed by atoms with Crippen molar-refractivity contribution in [2.45, 2.75) is 19.4 Å². The Hall–Kier alpha value is -1.17. The lowest BCUT2D eigenvalue weighted by Gasteiger charge is -2.26. The molecule has 0 saturated carbocycles. The fraction of sp³-hybridized carbons (Fsp3) is 0.636. The summed E-state index contributed by atoms with van der Waals surface area (Å²) < 4.78 is 1.51. The molecule has 0 fully saturated rings. The zero-order valence-electron chi connectivity index (χ0n) is 10.8. The summed E-state index contributed by atoms with van der Waals surface area (Å²) in [4.78, 5) is 14.0. The van der Waals surface area contributed by atoms with Gasteiger partial charge in [-0.2, -0.15) is 16.9 Å². The molecule has 0 bridgehead atoms. The average Bonchev–Trinajstić information content (AvgIpc) is 2.65. The SMILES string of the molecule is CCC(CSC)N(C)C(=O)c1cnn(C)c1N. The Morgan fingerprint density at radius 1 is 1.71 bits per heavy atom. The first-order valence-electron chi connectivity index (χ1n) is 5.56. The Kier molecular flexibility index (Phi) is 4.86. The van der Waals surface area contributed by atoms with Crippen LogP contribution >= 0.6 is 11.8 Å². The molecule has 5 nitrogen and oxygen atoms in total. The predicted octanol–water partition coefficient (Wildman–Crippen LogP) is 1.22. The van der Waals surface area contributed by atoms with Crippen LogP contribution in [0.5, 0.6) is 0 Å². The van der Waals surface area contributed by atoms with E-state index in [4.69, 9.17) is 5.73 Å². The number of aromatic nitrogens is 2. The minimum Gasteiger partial charge on any atom is -0.383 e. The first kappa shape index (κ1) is 13.9. The molecule has 0 aliphatic carbocycles. The maximum atomic E-state index is 12.2. The van der Waals surface area contributed by atoms with Crippen molar-refractivity contribution in [2.75, 3.05) is 24.8 Å². The molecule has 0 spiro atoms. The fourth-order valence-corrected chi connectivity index (χ4v) is 2.51. The van der Waals surface area contributed by atoms with Crippen molar-refractivity contribution in [1.29, 1.82) is 0 Å². The molecular formula is C11H20N4OS. The lowest BCUT2D eigenvalue weighted by atomic mass is 10.2. The monoisotopic (exact) mass is 256 g/mol. The molecule has 1 rings (SSSR count). The molecule has 1 amide bonds. The third-order valence-electron chi connectivity index (χ3n) is 2.91. The van der Waals surface area contributed by atoms with Crippen molar-refractivity contribution >= 4 is 23.5 Å². The van der Waals surface area contributed by atoms with Crippen LogP contribution in [0.2, 0.25) is 0 Å². The Morgan fingerprint density at radius 3 is 2.76 bits per heavy atom. The van der Waals surface area contributed by atoms with Crippen LogP contribution in [0.3, 0.4) is 0 Å². The summed E-state index contributed by atoms with van der Waals surface area (Å²) in [5.41, 5.74) is 6.29. The van der Waals surface area contributed by atoms with E-state index in [-0.39, 0.29) is 11.9 Å². The molecule has 0 saturated heterocycles. The number of amides is 1. The van der Waals surface area contributed by atoms with Gasteiger partial charge in [0.25, 0.3) is 5.91 Å². The number of hydrogen-bond donors (Lipinski definition) is 1. The molecule has 1 unspecified atom stereocenters. The van der Waals surface area contributed by atoms with Gasteiger partial charge in [0, 0.05) is 25.9 Å². The van der Waals surface area contributed by atoms with Crippen LogP contribution in [0.4, 0.5) is 5.82 Å². The Balaban J connectivity index is 2.85. The van der Waals surface area contributed by atoms with Gasteiger partial charge in [-0.25, -0.2) is 0 Å². The van der Waals surface area contributed by atoms with Gasteiger partial charge in [-0.3, -0.25) is 9.48 Å². The normalized spacial score (nSPS) is 12.5. The largest absolute Gasteiger partial charge is 0.383 e. The van der Waals surface area contributed by atoms with Crippen molar-refractivity contribution in [2.24, 2.45) is 7.05 Å². The van der Waals surface area contributed by atoms with E-state index in [1.165, 1.54) is 10.9 Å². The number of hydrogen-bond acceptors (Lipinski definition) is 4. The summed E-state index contributed by atoms with van der Waals surface area (Å²) in [5.74, 6) is 1.29. The van der Waals surface area contributed by atoms with Gasteiger partial charge in [-0.05, 0) is 12.7 Å². The molecule has 0 aromatic carbocycles. The van der Waals surface area contributed by atoms with Gasteiger partial charge in [0.2, 0.25) is 0 Å². The quantitative estimate of drug-likeness (QED) is 0.860. The summed E-state index contributed by atoms with van der Waals surface area (Å²) in [6.45, 7) is 2.08. The lowest BCUT2D eigenvalue weighted by Crippen LogP contribution is -2.38. The molecule has 0 radical (unpaired) electrons. The van der Waals surface area contributed by atoms with Crippen LogP contribution in [0.25, 0.3) is 0 Å². The van der Waals surface area contributed by atoms with E-state index in [1.807, 2.05) is 13.3 Å². The maximum absolute atomic E-state index is 12.2. The first-order chi connectivity index (χ1) is 8.02. The summed E-state index contributed by atoms with van der Waals surface area (Å²) in [6.07, 6.45) is 4.50. The lowest BCUT2D eigenvalue weighted by molar-refractivity contribution is 0.0744. The van der Waals surface area contributed by atoms with Crippen molar-refractivity contribution in [3.05, 3.63) is 11.8 Å². The van der Waals surface area contributed by atoms with Crippen LogP contribution in [-0.4, -0.2) is 45.7 Å². The summed E-state index contributed by atoms with van der Waals surface area (Å²) in [7, 11) is 3.55. The fourth-order valence-electron chi connectivity index (χ4n) is 1.66. The molecule has 1 aromatic rings.